The van der Waals surface area contributed by atoms with Crippen molar-refractivity contribution < 1.29 is 0 Å². The molecule has 0 heteroatoms. The minimum absolute atomic E-state index is 0.561. The Labute approximate surface area is 103 Å². The van der Waals surface area contributed by atoms with E-state index in [1.54, 1.807) is 0 Å². The highest BCUT2D eigenvalue weighted by Crippen LogP contribution is 2.48. The Kier molecular flexibility index (Phi) is 5.08. The predicted octanol–water partition coefficient (Wildman–Crippen LogP) is 5.59. The molecule has 0 atom stereocenters. The maximum absolute atomic E-state index is 4.15. The molecule has 0 spiro atoms. The Morgan fingerprint density at radius 1 is 1.12 bits per heavy atom. The van der Waals surface area contributed by atoms with E-state index in [1.165, 1.54) is 50.5 Å². The largest absolute Gasteiger partial charge is 0.100 e. The van der Waals surface area contributed by atoms with Crippen molar-refractivity contribution in [3.63, 3.8) is 0 Å². The van der Waals surface area contributed by atoms with E-state index in [-0.39, 0.29) is 0 Å². The van der Waals surface area contributed by atoms with Gasteiger partial charge in [0.2, 0.25) is 0 Å². The molecule has 0 aromatic rings. The highest BCUT2D eigenvalue weighted by molar-refractivity contribution is 4.99. The second-order valence-electron chi connectivity index (χ2n) is 6.16. The van der Waals surface area contributed by atoms with Crippen molar-refractivity contribution in [1.82, 2.24) is 0 Å². The molecule has 0 radical (unpaired) electrons. The highest BCUT2D eigenvalue weighted by atomic mass is 14.4. The van der Waals surface area contributed by atoms with Gasteiger partial charge >= 0.3 is 0 Å². The van der Waals surface area contributed by atoms with Crippen LogP contribution in [0.1, 0.15) is 72.6 Å². The average molecular weight is 222 g/mol. The molecular formula is C16H30. The zero-order valence-corrected chi connectivity index (χ0v) is 11.8. The molecule has 0 aromatic heterocycles. The van der Waals surface area contributed by atoms with Gasteiger partial charge in [0.15, 0.2) is 0 Å². The minimum Gasteiger partial charge on any atom is -0.100 e. The summed E-state index contributed by atoms with van der Waals surface area (Å²) in [4.78, 5) is 0. The van der Waals surface area contributed by atoms with Crippen molar-refractivity contribution in [3.05, 3.63) is 12.2 Å². The van der Waals surface area contributed by atoms with Gasteiger partial charge in [0.05, 0.1) is 0 Å². The number of rotatable bonds is 5. The van der Waals surface area contributed by atoms with Crippen LogP contribution in [0.2, 0.25) is 0 Å². The summed E-state index contributed by atoms with van der Waals surface area (Å²) >= 11 is 0. The van der Waals surface area contributed by atoms with Crippen LogP contribution in [0.4, 0.5) is 0 Å². The molecule has 0 saturated heterocycles. The van der Waals surface area contributed by atoms with Gasteiger partial charge in [-0.15, -0.1) is 6.58 Å². The fourth-order valence-corrected chi connectivity index (χ4v) is 3.70. The van der Waals surface area contributed by atoms with Gasteiger partial charge in [-0.1, -0.05) is 39.2 Å². The lowest BCUT2D eigenvalue weighted by molar-refractivity contribution is 0.0896. The van der Waals surface area contributed by atoms with Crippen LogP contribution in [0.15, 0.2) is 12.2 Å². The van der Waals surface area contributed by atoms with Crippen LogP contribution in [-0.4, -0.2) is 0 Å². The third-order valence-electron chi connectivity index (χ3n) is 4.94. The lowest BCUT2D eigenvalue weighted by Crippen LogP contribution is -2.32. The topological polar surface area (TPSA) is 0 Å². The average Bonchev–Trinajstić information content (AvgIpc) is 2.27. The van der Waals surface area contributed by atoms with Gasteiger partial charge in [-0.3, -0.25) is 0 Å². The Hall–Kier alpha value is -0.260. The maximum atomic E-state index is 4.15. The normalized spacial score (nSPS) is 26.8. The quantitative estimate of drug-likeness (QED) is 0.532. The lowest BCUT2D eigenvalue weighted by Gasteiger charge is -2.43. The van der Waals surface area contributed by atoms with Crippen molar-refractivity contribution in [2.75, 3.05) is 0 Å². The molecule has 0 nitrogen and oxygen atoms in total. The van der Waals surface area contributed by atoms with Crippen LogP contribution in [0.5, 0.6) is 0 Å². The summed E-state index contributed by atoms with van der Waals surface area (Å²) < 4.78 is 0. The molecule has 1 rings (SSSR count). The molecule has 94 valence electrons. The van der Waals surface area contributed by atoms with Crippen LogP contribution in [0.25, 0.3) is 0 Å². The first-order chi connectivity index (χ1) is 7.54. The van der Waals surface area contributed by atoms with Gasteiger partial charge in [-0.05, 0) is 56.3 Å². The molecule has 0 heterocycles. The molecule has 0 bridgehead atoms. The van der Waals surface area contributed by atoms with Crippen molar-refractivity contribution in [2.24, 2.45) is 17.3 Å². The van der Waals surface area contributed by atoms with Gasteiger partial charge in [-0.25, -0.2) is 0 Å². The summed E-state index contributed by atoms with van der Waals surface area (Å²) in [5.74, 6) is 1.92. The first-order valence-corrected chi connectivity index (χ1v) is 7.18. The van der Waals surface area contributed by atoms with E-state index in [0.29, 0.717) is 5.41 Å². The van der Waals surface area contributed by atoms with E-state index in [4.69, 9.17) is 0 Å². The Morgan fingerprint density at radius 3 is 2.00 bits per heavy atom. The van der Waals surface area contributed by atoms with Crippen LogP contribution in [0.3, 0.4) is 0 Å². The monoisotopic (exact) mass is 222 g/mol. The summed E-state index contributed by atoms with van der Waals surface area (Å²) in [5.41, 5.74) is 1.94. The zero-order valence-electron chi connectivity index (χ0n) is 11.8. The molecule has 0 N–H and O–H groups in total. The fraction of sp³-hybridized carbons (Fsp3) is 0.875. The van der Waals surface area contributed by atoms with Crippen LogP contribution < -0.4 is 0 Å². The van der Waals surface area contributed by atoms with E-state index >= 15 is 0 Å². The predicted molar refractivity (Wildman–Crippen MR) is 73.6 cm³/mol. The van der Waals surface area contributed by atoms with Crippen molar-refractivity contribution >= 4 is 0 Å². The molecule has 0 amide bonds. The molecule has 1 aliphatic carbocycles. The van der Waals surface area contributed by atoms with E-state index in [2.05, 4.69) is 34.3 Å². The highest BCUT2D eigenvalue weighted by Gasteiger charge is 2.36. The Bertz CT molecular complexity index is 214. The smallest absolute Gasteiger partial charge is 0.0237 e. The second-order valence-corrected chi connectivity index (χ2v) is 6.16. The first kappa shape index (κ1) is 13.8. The molecule has 0 unspecified atom stereocenters. The summed E-state index contributed by atoms with van der Waals surface area (Å²) in [7, 11) is 0. The third kappa shape index (κ3) is 3.12. The van der Waals surface area contributed by atoms with Crippen LogP contribution in [-0.2, 0) is 0 Å². The zero-order chi connectivity index (χ0) is 12.2. The summed E-state index contributed by atoms with van der Waals surface area (Å²) in [6.45, 7) is 13.5. The van der Waals surface area contributed by atoms with E-state index in [0.717, 1.165) is 11.8 Å². The second kappa shape index (κ2) is 5.89. The van der Waals surface area contributed by atoms with Crippen molar-refractivity contribution in [3.8, 4) is 0 Å². The Balaban J connectivity index is 2.71. The van der Waals surface area contributed by atoms with Gasteiger partial charge in [0.25, 0.3) is 0 Å². The van der Waals surface area contributed by atoms with Gasteiger partial charge in [-0.2, -0.15) is 0 Å². The lowest BCUT2D eigenvalue weighted by atomic mass is 9.62. The molecule has 1 aliphatic rings. The SMILES string of the molecule is C=C(C)CC(CC)(CC)C1CCC(C)CC1. The third-order valence-corrected chi connectivity index (χ3v) is 4.94. The van der Waals surface area contributed by atoms with E-state index < -0.39 is 0 Å². The summed E-state index contributed by atoms with van der Waals surface area (Å²) in [6.07, 6.45) is 9.71. The Morgan fingerprint density at radius 2 is 1.62 bits per heavy atom. The maximum Gasteiger partial charge on any atom is -0.0237 e. The molecule has 0 aromatic carbocycles. The first-order valence-electron chi connectivity index (χ1n) is 7.18. The number of allylic oxidation sites excluding steroid dienone is 1. The number of hydrogen-bond donors (Lipinski definition) is 0. The van der Waals surface area contributed by atoms with Crippen LogP contribution >= 0.6 is 0 Å². The van der Waals surface area contributed by atoms with Crippen molar-refractivity contribution in [2.45, 2.75) is 72.6 Å². The van der Waals surface area contributed by atoms with E-state index in [1.807, 2.05) is 0 Å². The van der Waals surface area contributed by atoms with E-state index in [9.17, 15) is 0 Å². The summed E-state index contributed by atoms with van der Waals surface area (Å²) in [5, 5.41) is 0. The number of hydrogen-bond acceptors (Lipinski definition) is 0. The van der Waals surface area contributed by atoms with Crippen LogP contribution in [0, 0.1) is 17.3 Å². The molecule has 1 saturated carbocycles. The molecule has 1 fully saturated rings. The molecular weight excluding hydrogens is 192 g/mol. The van der Waals surface area contributed by atoms with Crippen molar-refractivity contribution in [1.29, 1.82) is 0 Å². The fourth-order valence-electron chi connectivity index (χ4n) is 3.70. The summed E-state index contributed by atoms with van der Waals surface area (Å²) in [6, 6.07) is 0. The van der Waals surface area contributed by atoms with Gasteiger partial charge in [0.1, 0.15) is 0 Å². The molecule has 16 heavy (non-hydrogen) atoms. The standard InChI is InChI=1S/C16H30/c1-6-16(7-2,12-13(3)4)15-10-8-14(5)9-11-15/h14-15H,3,6-12H2,1-2,4-5H3. The molecule has 0 aliphatic heterocycles. The van der Waals surface area contributed by atoms with Gasteiger partial charge in [0, 0.05) is 0 Å². The van der Waals surface area contributed by atoms with Gasteiger partial charge < -0.3 is 0 Å². The minimum atomic E-state index is 0.561.